The van der Waals surface area contributed by atoms with Crippen molar-refractivity contribution in [1.82, 2.24) is 0 Å². The molecule has 5 nitrogen and oxygen atoms in total. The molecule has 1 aliphatic rings. The zero-order valence-electron chi connectivity index (χ0n) is 18.3. The van der Waals surface area contributed by atoms with Crippen LogP contribution in [0.15, 0.2) is 86.3 Å². The molecule has 0 radical (unpaired) electrons. The average Bonchev–Trinajstić information content (AvgIpc) is 3.61. The first-order valence-electron chi connectivity index (χ1n) is 10.7. The molecule has 0 saturated heterocycles. The number of hydrogen-bond acceptors (Lipinski definition) is 5. The van der Waals surface area contributed by atoms with Gasteiger partial charge in [0.2, 0.25) is 0 Å². The van der Waals surface area contributed by atoms with E-state index >= 15 is 0 Å². The third-order valence-electron chi connectivity index (χ3n) is 5.00. The zero-order chi connectivity index (χ0) is 25.0. The maximum absolute atomic E-state index is 13.2. The van der Waals surface area contributed by atoms with Gasteiger partial charge in [0.25, 0.3) is 0 Å². The summed E-state index contributed by atoms with van der Waals surface area (Å²) in [6, 6.07) is 17.4. The van der Waals surface area contributed by atoms with Gasteiger partial charge in [0.1, 0.15) is 11.5 Å². The zero-order valence-corrected chi connectivity index (χ0v) is 19.9. The van der Waals surface area contributed by atoms with Crippen LogP contribution in [0.4, 0.5) is 13.2 Å². The van der Waals surface area contributed by atoms with Gasteiger partial charge in [-0.2, -0.15) is 0 Å². The molecule has 1 atom stereocenters. The monoisotopic (exact) mass is 522 g/mol. The van der Waals surface area contributed by atoms with Crippen molar-refractivity contribution in [2.75, 3.05) is 6.61 Å². The van der Waals surface area contributed by atoms with E-state index in [4.69, 9.17) is 4.74 Å². The topological polar surface area (TPSA) is 78.8 Å². The summed E-state index contributed by atoms with van der Waals surface area (Å²) in [5.41, 5.74) is 0.502. The van der Waals surface area contributed by atoms with Gasteiger partial charge in [0, 0.05) is 27.0 Å². The molecule has 1 unspecified atom stereocenters. The van der Waals surface area contributed by atoms with Crippen LogP contribution >= 0.6 is 11.8 Å². The first-order chi connectivity index (χ1) is 16.6. The largest absolute Gasteiger partial charge is 0.606 e. The first-order valence-corrected chi connectivity index (χ1v) is 12.7. The van der Waals surface area contributed by atoms with Crippen LogP contribution in [0.25, 0.3) is 0 Å². The Hall–Kier alpha value is -2.82. The molecule has 0 aliphatic heterocycles. The predicted molar refractivity (Wildman–Crippen MR) is 124 cm³/mol. The summed E-state index contributed by atoms with van der Waals surface area (Å²) < 4.78 is 60.3. The fraction of sp³-hybridized carbons (Fsp3) is 0.240. The Morgan fingerprint density at radius 3 is 2.40 bits per heavy atom. The van der Waals surface area contributed by atoms with E-state index in [0.717, 1.165) is 17.7 Å². The molecule has 1 saturated carbocycles. The lowest BCUT2D eigenvalue weighted by Crippen LogP contribution is -2.17. The van der Waals surface area contributed by atoms with Gasteiger partial charge in [0.15, 0.2) is 9.79 Å². The molecule has 1 N–H and O–H groups in total. The molecule has 1 aliphatic carbocycles. The number of rotatable bonds is 10. The lowest BCUT2D eigenvalue weighted by Gasteiger charge is -2.14. The van der Waals surface area contributed by atoms with Crippen molar-refractivity contribution in [2.24, 2.45) is 5.92 Å². The number of benzene rings is 3. The maximum atomic E-state index is 13.2. The molecule has 1 fully saturated rings. The highest BCUT2D eigenvalue weighted by Gasteiger charge is 2.31. The molecule has 35 heavy (non-hydrogen) atoms. The van der Waals surface area contributed by atoms with Crippen LogP contribution in [0.2, 0.25) is 0 Å². The molecular weight excluding hydrogens is 501 g/mol. The predicted octanol–water partition coefficient (Wildman–Crippen LogP) is 6.32. The summed E-state index contributed by atoms with van der Waals surface area (Å²) in [4.78, 5) is 13.4. The smallest absolute Gasteiger partial charge is 0.573 e. The first kappa shape index (κ1) is 25.3. The van der Waals surface area contributed by atoms with E-state index in [9.17, 15) is 27.6 Å². The fourth-order valence-corrected chi connectivity index (χ4v) is 5.24. The molecule has 0 aromatic heterocycles. The van der Waals surface area contributed by atoms with E-state index in [-0.39, 0.29) is 12.2 Å². The molecule has 0 heterocycles. The molecule has 3 aromatic rings. The number of carboxylic acids is 1. The summed E-state index contributed by atoms with van der Waals surface area (Å²) >= 11 is -0.339. The fourth-order valence-electron chi connectivity index (χ4n) is 3.23. The van der Waals surface area contributed by atoms with Crippen molar-refractivity contribution < 1.29 is 37.1 Å². The normalized spacial score (nSPS) is 14.4. The van der Waals surface area contributed by atoms with Crippen LogP contribution in [0, 0.1) is 5.92 Å². The summed E-state index contributed by atoms with van der Waals surface area (Å²) in [6.07, 6.45) is -2.76. The van der Waals surface area contributed by atoms with Gasteiger partial charge in [-0.05, 0) is 78.9 Å². The quantitative estimate of drug-likeness (QED) is 0.314. The van der Waals surface area contributed by atoms with Crippen LogP contribution in [0.1, 0.15) is 18.4 Å². The molecule has 4 rings (SSSR count). The molecular formula is C25H21F3O5S2. The number of aliphatic carboxylic acids is 1. The average molecular weight is 523 g/mol. The number of ether oxygens (including phenoxy) is 2. The van der Waals surface area contributed by atoms with Crippen LogP contribution < -0.4 is 9.47 Å². The highest BCUT2D eigenvalue weighted by molar-refractivity contribution is 7.99. The van der Waals surface area contributed by atoms with Gasteiger partial charge in [-0.1, -0.05) is 17.8 Å². The Morgan fingerprint density at radius 1 is 1.00 bits per heavy atom. The van der Waals surface area contributed by atoms with Gasteiger partial charge in [-0.3, -0.25) is 4.79 Å². The van der Waals surface area contributed by atoms with Gasteiger partial charge < -0.3 is 19.1 Å². The number of carbonyl (C=O) groups is 1. The Labute approximate surface area is 207 Å². The minimum absolute atomic E-state index is 0.211. The SMILES string of the molecule is O=C(O)Cc1cc(OCC2CC2)cc([S+]([O-])c2ccc(Sc3cccc(OC(F)(F)F)c3)cc2)c1. The number of halogens is 3. The molecule has 0 amide bonds. The number of carboxylic acid groups (broad SMARTS) is 1. The summed E-state index contributed by atoms with van der Waals surface area (Å²) in [5, 5.41) is 9.17. The Kier molecular flexibility index (Phi) is 7.83. The van der Waals surface area contributed by atoms with Gasteiger partial charge in [0.05, 0.1) is 13.0 Å². The van der Waals surface area contributed by atoms with E-state index in [1.54, 1.807) is 48.5 Å². The lowest BCUT2D eigenvalue weighted by atomic mass is 10.1. The van der Waals surface area contributed by atoms with Crippen molar-refractivity contribution in [3.63, 3.8) is 0 Å². The Balaban J connectivity index is 1.48. The van der Waals surface area contributed by atoms with Crippen LogP contribution in [0.5, 0.6) is 11.5 Å². The van der Waals surface area contributed by atoms with E-state index in [1.807, 2.05) is 0 Å². The molecule has 3 aromatic carbocycles. The number of alkyl halides is 3. The number of hydrogen-bond donors (Lipinski definition) is 1. The Morgan fingerprint density at radius 2 is 1.74 bits per heavy atom. The van der Waals surface area contributed by atoms with Crippen molar-refractivity contribution >= 4 is 28.9 Å². The van der Waals surface area contributed by atoms with Crippen molar-refractivity contribution in [3.8, 4) is 11.5 Å². The second kappa shape index (κ2) is 10.8. The molecule has 184 valence electrons. The van der Waals surface area contributed by atoms with Crippen LogP contribution in [-0.4, -0.2) is 28.6 Å². The van der Waals surface area contributed by atoms with E-state index < -0.39 is 23.5 Å². The van der Waals surface area contributed by atoms with Crippen LogP contribution in [0.3, 0.4) is 0 Å². The Bertz CT molecular complexity index is 1180. The van der Waals surface area contributed by atoms with Crippen molar-refractivity contribution in [3.05, 3.63) is 72.3 Å². The minimum Gasteiger partial charge on any atom is -0.606 e. The van der Waals surface area contributed by atoms with E-state index in [2.05, 4.69) is 4.74 Å². The lowest BCUT2D eigenvalue weighted by molar-refractivity contribution is -0.274. The van der Waals surface area contributed by atoms with Gasteiger partial charge >= 0.3 is 12.3 Å². The summed E-state index contributed by atoms with van der Waals surface area (Å²) in [5.74, 6) is -0.293. The third kappa shape index (κ3) is 7.84. The summed E-state index contributed by atoms with van der Waals surface area (Å²) in [7, 11) is 0. The van der Waals surface area contributed by atoms with Crippen molar-refractivity contribution in [2.45, 2.75) is 45.2 Å². The second-order valence-electron chi connectivity index (χ2n) is 8.00. The van der Waals surface area contributed by atoms with Gasteiger partial charge in [-0.25, -0.2) is 0 Å². The highest BCUT2D eigenvalue weighted by atomic mass is 32.2. The molecule has 0 bridgehead atoms. The third-order valence-corrected chi connectivity index (χ3v) is 7.37. The van der Waals surface area contributed by atoms with E-state index in [1.165, 1.54) is 30.0 Å². The molecule has 10 heteroatoms. The summed E-state index contributed by atoms with van der Waals surface area (Å²) in [6.45, 7) is 0.545. The standard InChI is InChI=1S/C25H21F3O5S2/c26-25(27,28)33-18-2-1-3-21(13-18)34-20-6-8-22(9-7-20)35(31)23-11-17(12-24(29)30)10-19(14-23)32-15-16-4-5-16/h1-3,6-11,13-14,16H,4-5,12,15H2,(H,29,30). The second-order valence-corrected chi connectivity index (χ2v) is 10.6. The molecule has 0 spiro atoms. The van der Waals surface area contributed by atoms with Gasteiger partial charge in [-0.15, -0.1) is 13.2 Å². The van der Waals surface area contributed by atoms with Crippen molar-refractivity contribution in [1.29, 1.82) is 0 Å². The van der Waals surface area contributed by atoms with E-state index in [0.29, 0.717) is 38.5 Å². The highest BCUT2D eigenvalue weighted by Crippen LogP contribution is 2.34. The minimum atomic E-state index is -4.76. The maximum Gasteiger partial charge on any atom is 0.573 e. The van der Waals surface area contributed by atoms with Crippen LogP contribution in [-0.2, 0) is 22.4 Å².